The van der Waals surface area contributed by atoms with Crippen molar-refractivity contribution in [3.05, 3.63) is 59.2 Å². The van der Waals surface area contributed by atoms with Gasteiger partial charge in [-0.15, -0.1) is 0 Å². The van der Waals surface area contributed by atoms with E-state index in [1.807, 2.05) is 13.0 Å². The molecular formula is C16H15NO2. The van der Waals surface area contributed by atoms with Crippen LogP contribution in [0.25, 0.3) is 0 Å². The van der Waals surface area contributed by atoms with Crippen LogP contribution in [0, 0.1) is 11.3 Å². The maximum absolute atomic E-state index is 11.7. The van der Waals surface area contributed by atoms with Crippen LogP contribution in [0.15, 0.2) is 48.1 Å². The molecule has 0 aliphatic heterocycles. The van der Waals surface area contributed by atoms with Gasteiger partial charge in [0.05, 0.1) is 11.6 Å². The first-order valence-corrected chi connectivity index (χ1v) is 6.27. The van der Waals surface area contributed by atoms with Crippen LogP contribution in [0.2, 0.25) is 0 Å². The number of hydrogen-bond donors (Lipinski definition) is 1. The molecule has 0 radical (unpaired) electrons. The molecule has 1 N–H and O–H groups in total. The maximum Gasteiger partial charge on any atom is 0.181 e. The molecule has 96 valence electrons. The van der Waals surface area contributed by atoms with Gasteiger partial charge in [0.1, 0.15) is 5.60 Å². The minimum atomic E-state index is -1.26. The summed E-state index contributed by atoms with van der Waals surface area (Å²) in [4.78, 5) is 11.7. The van der Waals surface area contributed by atoms with Crippen LogP contribution >= 0.6 is 0 Å². The molecule has 0 amide bonds. The lowest BCUT2D eigenvalue weighted by Gasteiger charge is -2.25. The van der Waals surface area contributed by atoms with Gasteiger partial charge in [0.25, 0.3) is 0 Å². The number of benzene rings is 1. The lowest BCUT2D eigenvalue weighted by Crippen LogP contribution is -2.25. The molecule has 0 aromatic heterocycles. The van der Waals surface area contributed by atoms with Crippen molar-refractivity contribution < 1.29 is 9.90 Å². The van der Waals surface area contributed by atoms with Gasteiger partial charge < -0.3 is 5.11 Å². The largest absolute Gasteiger partial charge is 0.377 e. The number of aliphatic hydroxyl groups is 1. The number of carbonyl (C=O) groups is 1. The number of nitriles is 1. The molecule has 1 atom stereocenters. The number of ketones is 1. The molecule has 1 aliphatic rings. The second-order valence-electron chi connectivity index (χ2n) is 4.63. The van der Waals surface area contributed by atoms with Gasteiger partial charge in [-0.05, 0) is 47.9 Å². The summed E-state index contributed by atoms with van der Waals surface area (Å²) in [6.07, 6.45) is 6.04. The van der Waals surface area contributed by atoms with E-state index in [0.29, 0.717) is 23.1 Å². The number of hydrogen-bond acceptors (Lipinski definition) is 3. The Kier molecular flexibility index (Phi) is 3.64. The van der Waals surface area contributed by atoms with Gasteiger partial charge in [0.15, 0.2) is 5.78 Å². The molecule has 3 nitrogen and oxygen atoms in total. The quantitative estimate of drug-likeness (QED) is 0.900. The number of allylic oxidation sites excluding steroid dienone is 2. The highest BCUT2D eigenvalue weighted by molar-refractivity contribution is 6.05. The van der Waals surface area contributed by atoms with Crippen LogP contribution in [-0.2, 0) is 10.4 Å². The van der Waals surface area contributed by atoms with Crippen molar-refractivity contribution in [2.75, 3.05) is 0 Å². The molecule has 0 saturated carbocycles. The predicted molar refractivity (Wildman–Crippen MR) is 72.2 cm³/mol. The van der Waals surface area contributed by atoms with Gasteiger partial charge in [-0.2, -0.15) is 5.26 Å². The summed E-state index contributed by atoms with van der Waals surface area (Å²) in [7, 11) is 0. The van der Waals surface area contributed by atoms with Gasteiger partial charge in [-0.25, -0.2) is 0 Å². The molecule has 19 heavy (non-hydrogen) atoms. The first-order valence-electron chi connectivity index (χ1n) is 6.27. The third kappa shape index (κ3) is 2.64. The standard InChI is InChI=1S/C16H15NO2/c1-2-3-13-10-16(19,9-8-15(13)18)14-6-4-12(11-17)5-7-14/h4-10,19H,2-3H2,1H3. The Morgan fingerprint density at radius 2 is 2.00 bits per heavy atom. The highest BCUT2D eigenvalue weighted by atomic mass is 16.3. The van der Waals surface area contributed by atoms with Crippen molar-refractivity contribution in [3.8, 4) is 6.07 Å². The lowest BCUT2D eigenvalue weighted by atomic mass is 9.85. The molecule has 1 unspecified atom stereocenters. The van der Waals surface area contributed by atoms with Crippen LogP contribution in [-0.4, -0.2) is 10.9 Å². The van der Waals surface area contributed by atoms with E-state index in [4.69, 9.17) is 5.26 Å². The summed E-state index contributed by atoms with van der Waals surface area (Å²) >= 11 is 0. The average Bonchev–Trinajstić information content (AvgIpc) is 2.43. The molecule has 1 aromatic rings. The fourth-order valence-electron chi connectivity index (χ4n) is 2.15. The fraction of sp³-hybridized carbons (Fsp3) is 0.250. The molecule has 0 fully saturated rings. The van der Waals surface area contributed by atoms with Crippen molar-refractivity contribution in [2.24, 2.45) is 0 Å². The summed E-state index contributed by atoms with van der Waals surface area (Å²) in [6.45, 7) is 1.99. The molecule has 0 bridgehead atoms. The zero-order chi connectivity index (χ0) is 13.9. The molecule has 0 heterocycles. The van der Waals surface area contributed by atoms with E-state index < -0.39 is 5.60 Å². The Bertz CT molecular complexity index is 590. The van der Waals surface area contributed by atoms with E-state index in [9.17, 15) is 9.90 Å². The molecule has 1 aliphatic carbocycles. The van der Waals surface area contributed by atoms with E-state index >= 15 is 0 Å². The Balaban J connectivity index is 2.38. The van der Waals surface area contributed by atoms with E-state index in [1.54, 1.807) is 30.3 Å². The van der Waals surface area contributed by atoms with Gasteiger partial charge in [-0.1, -0.05) is 25.5 Å². The van der Waals surface area contributed by atoms with Crippen molar-refractivity contribution >= 4 is 5.78 Å². The Labute approximate surface area is 112 Å². The smallest absolute Gasteiger partial charge is 0.181 e. The Hall–Kier alpha value is -2.18. The van der Waals surface area contributed by atoms with E-state index in [1.165, 1.54) is 12.2 Å². The predicted octanol–water partition coefficient (Wildman–Crippen LogP) is 2.61. The van der Waals surface area contributed by atoms with Crippen LogP contribution < -0.4 is 0 Å². The summed E-state index contributed by atoms with van der Waals surface area (Å²) in [5, 5.41) is 19.4. The van der Waals surface area contributed by atoms with Crippen molar-refractivity contribution in [2.45, 2.75) is 25.4 Å². The Morgan fingerprint density at radius 1 is 1.32 bits per heavy atom. The zero-order valence-electron chi connectivity index (χ0n) is 10.8. The SMILES string of the molecule is CCCC1=CC(O)(c2ccc(C#N)cc2)C=CC1=O. The minimum Gasteiger partial charge on any atom is -0.377 e. The van der Waals surface area contributed by atoms with E-state index in [0.717, 1.165) is 6.42 Å². The number of rotatable bonds is 3. The first kappa shape index (κ1) is 13.3. The fourth-order valence-corrected chi connectivity index (χ4v) is 2.15. The van der Waals surface area contributed by atoms with Crippen molar-refractivity contribution in [1.82, 2.24) is 0 Å². The maximum atomic E-state index is 11.7. The minimum absolute atomic E-state index is 0.0415. The molecule has 0 spiro atoms. The van der Waals surface area contributed by atoms with Crippen LogP contribution in [0.5, 0.6) is 0 Å². The summed E-state index contributed by atoms with van der Waals surface area (Å²) in [6, 6.07) is 8.77. The highest BCUT2D eigenvalue weighted by Gasteiger charge is 2.28. The first-order chi connectivity index (χ1) is 9.09. The summed E-state index contributed by atoms with van der Waals surface area (Å²) in [5.74, 6) is -0.0415. The monoisotopic (exact) mass is 253 g/mol. The lowest BCUT2D eigenvalue weighted by molar-refractivity contribution is -0.111. The van der Waals surface area contributed by atoms with Crippen LogP contribution in [0.1, 0.15) is 30.9 Å². The highest BCUT2D eigenvalue weighted by Crippen LogP contribution is 2.30. The molecule has 2 rings (SSSR count). The average molecular weight is 253 g/mol. The molecule has 0 saturated heterocycles. The normalized spacial score (nSPS) is 21.9. The third-order valence-electron chi connectivity index (χ3n) is 3.20. The Morgan fingerprint density at radius 3 is 2.58 bits per heavy atom. The van der Waals surface area contributed by atoms with E-state index in [-0.39, 0.29) is 5.78 Å². The number of carbonyl (C=O) groups excluding carboxylic acids is 1. The van der Waals surface area contributed by atoms with Crippen molar-refractivity contribution in [3.63, 3.8) is 0 Å². The number of nitrogens with zero attached hydrogens (tertiary/aromatic N) is 1. The van der Waals surface area contributed by atoms with Gasteiger partial charge in [0.2, 0.25) is 0 Å². The zero-order valence-corrected chi connectivity index (χ0v) is 10.8. The van der Waals surface area contributed by atoms with Crippen LogP contribution in [0.4, 0.5) is 0 Å². The topological polar surface area (TPSA) is 61.1 Å². The van der Waals surface area contributed by atoms with Crippen LogP contribution in [0.3, 0.4) is 0 Å². The third-order valence-corrected chi connectivity index (χ3v) is 3.20. The molecular weight excluding hydrogens is 238 g/mol. The summed E-state index contributed by atoms with van der Waals surface area (Å²) < 4.78 is 0. The van der Waals surface area contributed by atoms with Gasteiger partial charge in [0, 0.05) is 0 Å². The summed E-state index contributed by atoms with van der Waals surface area (Å²) in [5.41, 5.74) is 0.577. The second-order valence-corrected chi connectivity index (χ2v) is 4.63. The molecule has 3 heteroatoms. The van der Waals surface area contributed by atoms with E-state index in [2.05, 4.69) is 0 Å². The van der Waals surface area contributed by atoms with Gasteiger partial charge >= 0.3 is 0 Å². The molecule has 1 aromatic carbocycles. The second kappa shape index (κ2) is 5.21. The van der Waals surface area contributed by atoms with Crippen molar-refractivity contribution in [1.29, 1.82) is 5.26 Å². The van der Waals surface area contributed by atoms with Gasteiger partial charge in [-0.3, -0.25) is 4.79 Å².